The lowest BCUT2D eigenvalue weighted by molar-refractivity contribution is -0.131. The van der Waals surface area contributed by atoms with Crippen LogP contribution < -0.4 is 11.1 Å². The molecule has 1 unspecified atom stereocenters. The van der Waals surface area contributed by atoms with Gasteiger partial charge in [0.05, 0.1) is 5.41 Å². The molecule has 0 aromatic heterocycles. The van der Waals surface area contributed by atoms with Crippen molar-refractivity contribution in [3.63, 3.8) is 0 Å². The Hall–Kier alpha value is -0.770. The predicted molar refractivity (Wildman–Crippen MR) is 97.0 cm³/mol. The molecule has 1 amide bonds. The number of benzene rings is 1. The van der Waals surface area contributed by atoms with Crippen molar-refractivity contribution < 1.29 is 4.79 Å². The molecule has 1 aromatic rings. The van der Waals surface area contributed by atoms with E-state index in [0.717, 1.165) is 42.7 Å². The zero-order valence-corrected chi connectivity index (χ0v) is 15.0. The monoisotopic (exact) mass is 356 g/mol. The summed E-state index contributed by atoms with van der Waals surface area (Å²) >= 11 is 6.09. The van der Waals surface area contributed by atoms with Gasteiger partial charge in [-0.25, -0.2) is 0 Å². The van der Waals surface area contributed by atoms with E-state index >= 15 is 0 Å². The summed E-state index contributed by atoms with van der Waals surface area (Å²) in [5, 5.41) is 3.99. The van der Waals surface area contributed by atoms with E-state index in [2.05, 4.69) is 11.4 Å². The van der Waals surface area contributed by atoms with Crippen molar-refractivity contribution in [2.75, 3.05) is 6.54 Å². The highest BCUT2D eigenvalue weighted by atomic mass is 35.5. The zero-order chi connectivity index (χ0) is 15.6. The molecule has 3 nitrogen and oxygen atoms in total. The summed E-state index contributed by atoms with van der Waals surface area (Å²) in [6, 6.07) is 8.05. The van der Waals surface area contributed by atoms with Crippen molar-refractivity contribution in [3.8, 4) is 0 Å². The third kappa shape index (κ3) is 4.40. The van der Waals surface area contributed by atoms with E-state index in [4.69, 9.17) is 17.3 Å². The van der Waals surface area contributed by atoms with Gasteiger partial charge in [0.25, 0.3) is 0 Å². The maximum absolute atomic E-state index is 13.0. The lowest BCUT2D eigenvalue weighted by Gasteiger charge is -2.30. The summed E-state index contributed by atoms with van der Waals surface area (Å²) in [5.74, 6) is 0.797. The number of hydrogen-bond donors (Lipinski definition) is 2. The van der Waals surface area contributed by atoms with Gasteiger partial charge < -0.3 is 11.1 Å². The average molecular weight is 357 g/mol. The fourth-order valence-corrected chi connectivity index (χ4v) is 3.98. The van der Waals surface area contributed by atoms with Gasteiger partial charge in [0, 0.05) is 17.6 Å². The first-order chi connectivity index (χ1) is 10.6. The molecule has 2 fully saturated rings. The van der Waals surface area contributed by atoms with Crippen LogP contribution in [0.15, 0.2) is 24.3 Å². The molecule has 3 N–H and O–H groups in total. The number of halogens is 2. The van der Waals surface area contributed by atoms with E-state index in [1.165, 1.54) is 12.8 Å². The minimum absolute atomic E-state index is 0. The fraction of sp³-hybridized carbons (Fsp3) is 0.611. The number of rotatable bonds is 6. The first-order valence-electron chi connectivity index (χ1n) is 8.38. The zero-order valence-electron chi connectivity index (χ0n) is 13.4. The van der Waals surface area contributed by atoms with Crippen molar-refractivity contribution in [3.05, 3.63) is 34.9 Å². The van der Waals surface area contributed by atoms with E-state index < -0.39 is 0 Å². The van der Waals surface area contributed by atoms with Gasteiger partial charge in [-0.2, -0.15) is 0 Å². The molecule has 1 atom stereocenters. The van der Waals surface area contributed by atoms with Crippen LogP contribution in [0.1, 0.15) is 44.1 Å². The number of nitrogens with one attached hydrogen (secondary N) is 1. The molecule has 0 aliphatic heterocycles. The second kappa shape index (κ2) is 7.87. The highest BCUT2D eigenvalue weighted by Gasteiger charge is 2.43. The molecule has 128 valence electrons. The Kier molecular flexibility index (Phi) is 6.35. The van der Waals surface area contributed by atoms with Crippen molar-refractivity contribution in [1.82, 2.24) is 5.32 Å². The third-order valence-corrected chi connectivity index (χ3v) is 5.47. The quantitative estimate of drug-likeness (QED) is 0.815. The van der Waals surface area contributed by atoms with Crippen LogP contribution in [-0.2, 0) is 11.2 Å². The van der Waals surface area contributed by atoms with Gasteiger partial charge in [-0.05, 0) is 55.7 Å². The second-order valence-corrected chi connectivity index (χ2v) is 7.38. The number of hydrogen-bond acceptors (Lipinski definition) is 2. The standard InChI is InChI=1S/C18H25ClN2O.ClH/c19-15-5-3-4-13(10-15)11-18(8-1-2-9-18)17(22)21-16(12-20)14-6-7-14;/h3-5,10,14,16H,1-2,6-9,11-12,20H2,(H,21,22);1H. The number of nitrogens with two attached hydrogens (primary N) is 1. The first-order valence-corrected chi connectivity index (χ1v) is 8.76. The lowest BCUT2D eigenvalue weighted by Crippen LogP contribution is -2.49. The van der Waals surface area contributed by atoms with Crippen molar-refractivity contribution in [2.24, 2.45) is 17.1 Å². The SMILES string of the molecule is Cl.NCC(NC(=O)C1(Cc2cccc(Cl)c2)CCCC1)C1CC1. The molecule has 0 radical (unpaired) electrons. The summed E-state index contributed by atoms with van der Waals surface area (Å²) < 4.78 is 0. The molecule has 1 aromatic carbocycles. The molecular weight excluding hydrogens is 331 g/mol. The van der Waals surface area contributed by atoms with E-state index in [1.54, 1.807) is 0 Å². The van der Waals surface area contributed by atoms with Gasteiger partial charge in [-0.1, -0.05) is 36.6 Å². The minimum Gasteiger partial charge on any atom is -0.351 e. The predicted octanol–water partition coefficient (Wildman–Crippen LogP) is 3.72. The van der Waals surface area contributed by atoms with Crippen molar-refractivity contribution in [1.29, 1.82) is 0 Å². The summed E-state index contributed by atoms with van der Waals surface area (Å²) in [6.07, 6.45) is 7.37. The molecule has 2 saturated carbocycles. The van der Waals surface area contributed by atoms with Gasteiger partial charge >= 0.3 is 0 Å². The van der Waals surface area contributed by atoms with Crippen molar-refractivity contribution in [2.45, 2.75) is 51.0 Å². The third-order valence-electron chi connectivity index (χ3n) is 5.24. The molecule has 0 spiro atoms. The Balaban J connectivity index is 0.00000192. The Morgan fingerprint density at radius 1 is 1.35 bits per heavy atom. The normalized spacial score (nSPS) is 20.6. The van der Waals surface area contributed by atoms with Crippen LogP contribution in [0.4, 0.5) is 0 Å². The van der Waals surface area contributed by atoms with Crippen LogP contribution in [0.2, 0.25) is 5.02 Å². The second-order valence-electron chi connectivity index (χ2n) is 6.95. The average Bonchev–Trinajstić information content (AvgIpc) is 3.24. The van der Waals surface area contributed by atoms with E-state index in [-0.39, 0.29) is 29.8 Å². The summed E-state index contributed by atoms with van der Waals surface area (Å²) in [4.78, 5) is 13.0. The minimum atomic E-state index is -0.271. The van der Waals surface area contributed by atoms with Gasteiger partial charge in [-0.3, -0.25) is 4.79 Å². The number of amides is 1. The maximum atomic E-state index is 13.0. The molecule has 5 heteroatoms. The molecule has 23 heavy (non-hydrogen) atoms. The summed E-state index contributed by atoms with van der Waals surface area (Å²) in [6.45, 7) is 0.545. The van der Waals surface area contributed by atoms with Crippen LogP contribution in [0.25, 0.3) is 0 Å². The first kappa shape index (κ1) is 18.6. The van der Waals surface area contributed by atoms with Crippen LogP contribution in [-0.4, -0.2) is 18.5 Å². The van der Waals surface area contributed by atoms with E-state index in [1.807, 2.05) is 18.2 Å². The Bertz CT molecular complexity index is 540. The Morgan fingerprint density at radius 3 is 2.61 bits per heavy atom. The maximum Gasteiger partial charge on any atom is 0.226 e. The smallest absolute Gasteiger partial charge is 0.226 e. The molecule has 0 heterocycles. The Labute approximate surface area is 149 Å². The Morgan fingerprint density at radius 2 is 2.04 bits per heavy atom. The molecule has 0 bridgehead atoms. The topological polar surface area (TPSA) is 55.1 Å². The van der Waals surface area contributed by atoms with Crippen molar-refractivity contribution >= 4 is 29.9 Å². The lowest BCUT2D eigenvalue weighted by atomic mass is 9.79. The van der Waals surface area contributed by atoms with Gasteiger partial charge in [0.15, 0.2) is 0 Å². The number of carbonyl (C=O) groups excluding carboxylic acids is 1. The van der Waals surface area contributed by atoms with E-state index in [0.29, 0.717) is 12.5 Å². The van der Waals surface area contributed by atoms with Crippen LogP contribution in [0.3, 0.4) is 0 Å². The molecule has 2 aliphatic rings. The van der Waals surface area contributed by atoms with Crippen LogP contribution >= 0.6 is 24.0 Å². The van der Waals surface area contributed by atoms with E-state index in [9.17, 15) is 4.79 Å². The van der Waals surface area contributed by atoms with Gasteiger partial charge in [0.1, 0.15) is 0 Å². The largest absolute Gasteiger partial charge is 0.351 e. The van der Waals surface area contributed by atoms with Crippen LogP contribution in [0.5, 0.6) is 0 Å². The molecular formula is C18H26Cl2N2O. The highest BCUT2D eigenvalue weighted by Crippen LogP contribution is 2.42. The summed E-state index contributed by atoms with van der Waals surface area (Å²) in [7, 11) is 0. The number of carbonyl (C=O) groups is 1. The molecule has 0 saturated heterocycles. The van der Waals surface area contributed by atoms with Gasteiger partial charge in [-0.15, -0.1) is 12.4 Å². The fourth-order valence-electron chi connectivity index (χ4n) is 3.76. The van der Waals surface area contributed by atoms with Gasteiger partial charge in [0.2, 0.25) is 5.91 Å². The molecule has 2 aliphatic carbocycles. The van der Waals surface area contributed by atoms with Crippen LogP contribution in [0, 0.1) is 11.3 Å². The summed E-state index contributed by atoms with van der Waals surface area (Å²) in [5.41, 5.74) is 6.73. The highest BCUT2D eigenvalue weighted by molar-refractivity contribution is 6.30. The molecule has 3 rings (SSSR count).